The van der Waals surface area contributed by atoms with Crippen LogP contribution in [0.15, 0.2) is 12.4 Å². The third kappa shape index (κ3) is 1.18. The van der Waals surface area contributed by atoms with Gasteiger partial charge in [-0.05, 0) is 37.4 Å². The van der Waals surface area contributed by atoms with Crippen molar-refractivity contribution in [3.63, 3.8) is 0 Å². The van der Waals surface area contributed by atoms with Gasteiger partial charge in [0.25, 0.3) is 0 Å². The van der Waals surface area contributed by atoms with Gasteiger partial charge >= 0.3 is 0 Å². The van der Waals surface area contributed by atoms with Crippen LogP contribution in [-0.4, -0.2) is 11.5 Å². The van der Waals surface area contributed by atoms with E-state index in [4.69, 9.17) is 0 Å². The van der Waals surface area contributed by atoms with Crippen LogP contribution in [0, 0.1) is 6.92 Å². The molecule has 2 N–H and O–H groups in total. The topological polar surface area (TPSA) is 27.8 Å². The Hall–Kier alpha value is -0.760. The van der Waals surface area contributed by atoms with Crippen LogP contribution in [0.4, 0.5) is 0 Å². The van der Waals surface area contributed by atoms with E-state index in [2.05, 4.69) is 29.6 Å². The van der Waals surface area contributed by atoms with E-state index in [1.54, 1.807) is 0 Å². The summed E-state index contributed by atoms with van der Waals surface area (Å²) in [6.07, 6.45) is 6.78. The van der Waals surface area contributed by atoms with Crippen molar-refractivity contribution in [1.82, 2.24) is 10.3 Å². The first-order chi connectivity index (χ1) is 5.38. The minimum Gasteiger partial charge on any atom is -0.367 e. The fourth-order valence-corrected chi connectivity index (χ4v) is 1.78. The van der Waals surface area contributed by atoms with E-state index in [1.165, 1.54) is 30.5 Å². The first kappa shape index (κ1) is 6.92. The predicted molar refractivity (Wildman–Crippen MR) is 45.5 cm³/mol. The summed E-state index contributed by atoms with van der Waals surface area (Å²) < 4.78 is 0. The molecule has 1 fully saturated rings. The summed E-state index contributed by atoms with van der Waals surface area (Å²) >= 11 is 0. The quantitative estimate of drug-likeness (QED) is 0.627. The Morgan fingerprint density at radius 3 is 2.91 bits per heavy atom. The van der Waals surface area contributed by atoms with Crippen LogP contribution in [0.5, 0.6) is 0 Å². The number of aromatic nitrogens is 1. The van der Waals surface area contributed by atoms with Crippen LogP contribution in [0.3, 0.4) is 0 Å². The van der Waals surface area contributed by atoms with E-state index in [9.17, 15) is 0 Å². The van der Waals surface area contributed by atoms with Crippen molar-refractivity contribution in [2.75, 3.05) is 6.54 Å². The Kier molecular flexibility index (Phi) is 1.70. The summed E-state index contributed by atoms with van der Waals surface area (Å²) in [6.45, 7) is 3.33. The lowest BCUT2D eigenvalue weighted by Crippen LogP contribution is -2.12. The Labute approximate surface area is 67.0 Å². The molecular formula is C9H14N2. The van der Waals surface area contributed by atoms with Crippen LogP contribution in [0.1, 0.15) is 30.0 Å². The molecule has 0 spiro atoms. The standard InChI is InChI=1S/C9H14N2/c1-7-5-10-6-8(7)9-3-2-4-11-9/h5-6,9-11H,2-4H2,1H3/t9-/m0/s1. The van der Waals surface area contributed by atoms with Gasteiger partial charge in [0.1, 0.15) is 0 Å². The molecule has 0 aromatic carbocycles. The molecule has 1 atom stereocenters. The number of aryl methyl sites for hydroxylation is 1. The zero-order chi connectivity index (χ0) is 7.68. The van der Waals surface area contributed by atoms with Gasteiger partial charge in [-0.1, -0.05) is 0 Å². The molecule has 11 heavy (non-hydrogen) atoms. The highest BCUT2D eigenvalue weighted by molar-refractivity contribution is 5.25. The fraction of sp³-hybridized carbons (Fsp3) is 0.556. The molecule has 0 bridgehead atoms. The van der Waals surface area contributed by atoms with E-state index in [0.717, 1.165) is 0 Å². The van der Waals surface area contributed by atoms with Crippen molar-refractivity contribution >= 4 is 0 Å². The Balaban J connectivity index is 2.21. The van der Waals surface area contributed by atoms with Crippen LogP contribution in [-0.2, 0) is 0 Å². The van der Waals surface area contributed by atoms with Gasteiger partial charge in [-0.2, -0.15) is 0 Å². The normalized spacial score (nSPS) is 24.3. The summed E-state index contributed by atoms with van der Waals surface area (Å²) in [5, 5.41) is 3.48. The lowest BCUT2D eigenvalue weighted by molar-refractivity contribution is 0.645. The maximum Gasteiger partial charge on any atom is 0.0338 e. The Morgan fingerprint density at radius 2 is 2.36 bits per heavy atom. The summed E-state index contributed by atoms with van der Waals surface area (Å²) in [6, 6.07) is 0.612. The van der Waals surface area contributed by atoms with E-state index in [-0.39, 0.29) is 0 Å². The van der Waals surface area contributed by atoms with Gasteiger partial charge in [0.15, 0.2) is 0 Å². The van der Waals surface area contributed by atoms with Crippen LogP contribution in [0.25, 0.3) is 0 Å². The molecule has 0 amide bonds. The number of rotatable bonds is 1. The van der Waals surface area contributed by atoms with Crippen molar-refractivity contribution in [2.45, 2.75) is 25.8 Å². The third-order valence-electron chi connectivity index (χ3n) is 2.43. The van der Waals surface area contributed by atoms with E-state index < -0.39 is 0 Å². The van der Waals surface area contributed by atoms with Crippen molar-refractivity contribution in [2.24, 2.45) is 0 Å². The summed E-state index contributed by atoms with van der Waals surface area (Å²) in [4.78, 5) is 3.13. The molecule has 2 nitrogen and oxygen atoms in total. The molecule has 2 heteroatoms. The molecule has 1 aromatic heterocycles. The second-order valence-electron chi connectivity index (χ2n) is 3.24. The minimum absolute atomic E-state index is 0.612. The van der Waals surface area contributed by atoms with Gasteiger partial charge in [-0.15, -0.1) is 0 Å². The maximum atomic E-state index is 3.48. The molecule has 1 saturated heterocycles. The zero-order valence-electron chi connectivity index (χ0n) is 6.85. The van der Waals surface area contributed by atoms with Crippen LogP contribution in [0.2, 0.25) is 0 Å². The van der Waals surface area contributed by atoms with Crippen molar-refractivity contribution in [1.29, 1.82) is 0 Å². The highest BCUT2D eigenvalue weighted by Gasteiger charge is 2.17. The Bertz CT molecular complexity index is 233. The fourth-order valence-electron chi connectivity index (χ4n) is 1.78. The van der Waals surface area contributed by atoms with Gasteiger partial charge in [-0.25, -0.2) is 0 Å². The highest BCUT2D eigenvalue weighted by atomic mass is 14.9. The second-order valence-corrected chi connectivity index (χ2v) is 3.24. The van der Waals surface area contributed by atoms with E-state index >= 15 is 0 Å². The second kappa shape index (κ2) is 2.70. The SMILES string of the molecule is Cc1c[nH]cc1[C@@H]1CCCN1. The maximum absolute atomic E-state index is 3.48. The monoisotopic (exact) mass is 150 g/mol. The van der Waals surface area contributed by atoms with Crippen molar-refractivity contribution < 1.29 is 0 Å². The number of hydrogen-bond donors (Lipinski definition) is 2. The zero-order valence-corrected chi connectivity index (χ0v) is 6.85. The van der Waals surface area contributed by atoms with Gasteiger partial charge in [0, 0.05) is 18.4 Å². The summed E-state index contributed by atoms with van der Waals surface area (Å²) in [7, 11) is 0. The molecule has 0 aliphatic carbocycles. The average molecular weight is 150 g/mol. The van der Waals surface area contributed by atoms with Crippen LogP contribution < -0.4 is 5.32 Å². The highest BCUT2D eigenvalue weighted by Crippen LogP contribution is 2.24. The molecule has 60 valence electrons. The van der Waals surface area contributed by atoms with E-state index in [0.29, 0.717) is 6.04 Å². The van der Waals surface area contributed by atoms with E-state index in [1.807, 2.05) is 0 Å². The average Bonchev–Trinajstić information content (AvgIpc) is 2.55. The molecule has 0 saturated carbocycles. The molecule has 1 aliphatic heterocycles. The largest absolute Gasteiger partial charge is 0.367 e. The first-order valence-corrected chi connectivity index (χ1v) is 4.24. The number of hydrogen-bond acceptors (Lipinski definition) is 1. The number of aromatic amines is 1. The van der Waals surface area contributed by atoms with Gasteiger partial charge in [0.2, 0.25) is 0 Å². The summed E-state index contributed by atoms with van der Waals surface area (Å²) in [5.74, 6) is 0. The predicted octanol–water partition coefficient (Wildman–Crippen LogP) is 1.75. The molecule has 1 aliphatic rings. The Morgan fingerprint density at radius 1 is 1.45 bits per heavy atom. The molecule has 0 radical (unpaired) electrons. The summed E-state index contributed by atoms with van der Waals surface area (Å²) in [5.41, 5.74) is 2.83. The van der Waals surface area contributed by atoms with Gasteiger partial charge in [0.05, 0.1) is 0 Å². The molecule has 0 unspecified atom stereocenters. The lowest BCUT2D eigenvalue weighted by Gasteiger charge is -2.08. The number of H-pyrrole nitrogens is 1. The molecule has 2 rings (SSSR count). The van der Waals surface area contributed by atoms with Gasteiger partial charge < -0.3 is 10.3 Å². The molecule has 2 heterocycles. The third-order valence-corrected chi connectivity index (χ3v) is 2.43. The van der Waals surface area contributed by atoms with Crippen molar-refractivity contribution in [3.05, 3.63) is 23.5 Å². The number of nitrogens with one attached hydrogen (secondary N) is 2. The first-order valence-electron chi connectivity index (χ1n) is 4.24. The smallest absolute Gasteiger partial charge is 0.0338 e. The molecular weight excluding hydrogens is 136 g/mol. The van der Waals surface area contributed by atoms with Crippen LogP contribution >= 0.6 is 0 Å². The molecule has 1 aromatic rings. The van der Waals surface area contributed by atoms with Crippen molar-refractivity contribution in [3.8, 4) is 0 Å². The minimum atomic E-state index is 0.612. The van der Waals surface area contributed by atoms with Gasteiger partial charge in [-0.3, -0.25) is 0 Å². The lowest BCUT2D eigenvalue weighted by atomic mass is 10.1.